The molecule has 1 aromatic rings. The van der Waals surface area contributed by atoms with Gasteiger partial charge in [0.2, 0.25) is 0 Å². The fourth-order valence-electron chi connectivity index (χ4n) is 1.67. The topological polar surface area (TPSA) is 41.5 Å². The number of rotatable bonds is 6. The highest BCUT2D eigenvalue weighted by molar-refractivity contribution is 5.30. The lowest BCUT2D eigenvalue weighted by Gasteiger charge is -2.19. The molecule has 0 aliphatic heterocycles. The lowest BCUT2D eigenvalue weighted by Crippen LogP contribution is -2.28. The first-order chi connectivity index (χ1) is 7.67. The molecule has 3 heteroatoms. The molecule has 0 bridgehead atoms. The Bertz CT molecular complexity index is 313. The molecule has 0 spiro atoms. The molecule has 1 rings (SSSR count). The Morgan fingerprint density at radius 1 is 1.44 bits per heavy atom. The van der Waals surface area contributed by atoms with Crippen molar-refractivity contribution in [1.82, 2.24) is 5.32 Å². The molecule has 0 aliphatic rings. The molecule has 0 saturated carbocycles. The van der Waals surface area contributed by atoms with Crippen molar-refractivity contribution in [3.8, 4) is 5.75 Å². The van der Waals surface area contributed by atoms with E-state index in [1.54, 1.807) is 14.0 Å². The number of benzene rings is 1. The predicted octanol–water partition coefficient (Wildman–Crippen LogP) is 2.12. The van der Waals surface area contributed by atoms with Gasteiger partial charge in [-0.25, -0.2) is 0 Å². The van der Waals surface area contributed by atoms with Gasteiger partial charge in [0.05, 0.1) is 13.2 Å². The molecule has 0 heterocycles. The van der Waals surface area contributed by atoms with Crippen molar-refractivity contribution in [2.45, 2.75) is 32.4 Å². The maximum atomic E-state index is 9.26. The van der Waals surface area contributed by atoms with Crippen molar-refractivity contribution in [2.24, 2.45) is 0 Å². The summed E-state index contributed by atoms with van der Waals surface area (Å²) in [4.78, 5) is 0. The summed E-state index contributed by atoms with van der Waals surface area (Å²) >= 11 is 0. The second-order valence-corrected chi connectivity index (χ2v) is 3.99. The minimum Gasteiger partial charge on any atom is -0.497 e. The first-order valence-electron chi connectivity index (χ1n) is 5.72. The Labute approximate surface area is 97.4 Å². The van der Waals surface area contributed by atoms with Crippen LogP contribution in [0.1, 0.15) is 31.9 Å². The van der Waals surface area contributed by atoms with E-state index in [1.807, 2.05) is 18.2 Å². The van der Waals surface area contributed by atoms with E-state index in [-0.39, 0.29) is 12.1 Å². The lowest BCUT2D eigenvalue weighted by molar-refractivity contribution is 0.185. The van der Waals surface area contributed by atoms with Gasteiger partial charge < -0.3 is 15.2 Å². The highest BCUT2D eigenvalue weighted by atomic mass is 16.5. The highest BCUT2D eigenvalue weighted by Crippen LogP contribution is 2.21. The van der Waals surface area contributed by atoms with Crippen molar-refractivity contribution in [3.63, 3.8) is 0 Å². The summed E-state index contributed by atoms with van der Waals surface area (Å²) in [5, 5.41) is 12.6. The summed E-state index contributed by atoms with van der Waals surface area (Å²) in [5.74, 6) is 0.870. The van der Waals surface area contributed by atoms with Gasteiger partial charge in [0.15, 0.2) is 0 Å². The maximum Gasteiger partial charge on any atom is 0.119 e. The van der Waals surface area contributed by atoms with Crippen LogP contribution in [0.2, 0.25) is 0 Å². The van der Waals surface area contributed by atoms with E-state index in [0.29, 0.717) is 6.54 Å². The maximum absolute atomic E-state index is 9.26. The van der Waals surface area contributed by atoms with Gasteiger partial charge in [-0.05, 0) is 31.0 Å². The van der Waals surface area contributed by atoms with Crippen molar-refractivity contribution in [3.05, 3.63) is 29.8 Å². The van der Waals surface area contributed by atoms with Gasteiger partial charge in [-0.3, -0.25) is 0 Å². The van der Waals surface area contributed by atoms with Crippen molar-refractivity contribution < 1.29 is 9.84 Å². The highest BCUT2D eigenvalue weighted by Gasteiger charge is 2.10. The van der Waals surface area contributed by atoms with E-state index in [1.165, 1.54) is 5.56 Å². The third-order valence-corrected chi connectivity index (χ3v) is 2.56. The zero-order chi connectivity index (χ0) is 12.0. The Morgan fingerprint density at radius 2 is 2.19 bits per heavy atom. The molecule has 2 N–H and O–H groups in total. The zero-order valence-electron chi connectivity index (χ0n) is 10.2. The summed E-state index contributed by atoms with van der Waals surface area (Å²) in [7, 11) is 1.67. The lowest BCUT2D eigenvalue weighted by atomic mass is 10.0. The average Bonchev–Trinajstić information content (AvgIpc) is 2.30. The predicted molar refractivity (Wildman–Crippen MR) is 65.7 cm³/mol. The molecular weight excluding hydrogens is 202 g/mol. The molecular formula is C13H21NO2. The minimum atomic E-state index is -0.320. The molecule has 1 aromatic carbocycles. The Hall–Kier alpha value is -1.06. The van der Waals surface area contributed by atoms with Gasteiger partial charge in [0, 0.05) is 12.6 Å². The normalized spacial score (nSPS) is 14.5. The largest absolute Gasteiger partial charge is 0.497 e. The van der Waals surface area contributed by atoms with Crippen LogP contribution < -0.4 is 10.1 Å². The van der Waals surface area contributed by atoms with Crippen LogP contribution in [0.15, 0.2) is 24.3 Å². The van der Waals surface area contributed by atoms with E-state index in [0.717, 1.165) is 12.2 Å². The number of nitrogens with one attached hydrogen (secondary N) is 1. The van der Waals surface area contributed by atoms with Crippen LogP contribution in [-0.4, -0.2) is 24.9 Å². The van der Waals surface area contributed by atoms with E-state index in [2.05, 4.69) is 18.3 Å². The third kappa shape index (κ3) is 3.83. The quantitative estimate of drug-likeness (QED) is 0.776. The standard InChI is InChI=1S/C13H21NO2/c1-4-13(14-9-10(2)15)11-6-5-7-12(8-11)16-3/h5-8,10,13-15H,4,9H2,1-3H3/t10-,13?/m0/s1. The van der Waals surface area contributed by atoms with Gasteiger partial charge in [-0.1, -0.05) is 19.1 Å². The summed E-state index contributed by atoms with van der Waals surface area (Å²) in [6.07, 6.45) is 0.666. The SMILES string of the molecule is CCC(NC[C@H](C)O)c1cccc(OC)c1. The van der Waals surface area contributed by atoms with E-state index < -0.39 is 0 Å². The van der Waals surface area contributed by atoms with Crippen molar-refractivity contribution in [2.75, 3.05) is 13.7 Å². The smallest absolute Gasteiger partial charge is 0.119 e. The van der Waals surface area contributed by atoms with Gasteiger partial charge in [-0.2, -0.15) is 0 Å². The van der Waals surface area contributed by atoms with Gasteiger partial charge in [0.1, 0.15) is 5.75 Å². The fourth-order valence-corrected chi connectivity index (χ4v) is 1.67. The number of hydrogen-bond donors (Lipinski definition) is 2. The molecule has 0 amide bonds. The van der Waals surface area contributed by atoms with Crippen molar-refractivity contribution >= 4 is 0 Å². The molecule has 0 saturated heterocycles. The van der Waals surface area contributed by atoms with Crippen LogP contribution in [-0.2, 0) is 0 Å². The Morgan fingerprint density at radius 3 is 2.75 bits per heavy atom. The number of ether oxygens (including phenoxy) is 1. The number of aliphatic hydroxyl groups is 1. The van der Waals surface area contributed by atoms with E-state index >= 15 is 0 Å². The number of aliphatic hydroxyl groups excluding tert-OH is 1. The van der Waals surface area contributed by atoms with Crippen LogP contribution >= 0.6 is 0 Å². The van der Waals surface area contributed by atoms with Crippen LogP contribution in [0.5, 0.6) is 5.75 Å². The first kappa shape index (κ1) is 13.0. The van der Waals surface area contributed by atoms with E-state index in [4.69, 9.17) is 4.74 Å². The zero-order valence-corrected chi connectivity index (χ0v) is 10.2. The van der Waals surface area contributed by atoms with Crippen LogP contribution in [0, 0.1) is 0 Å². The summed E-state index contributed by atoms with van der Waals surface area (Å²) in [6.45, 7) is 4.51. The average molecular weight is 223 g/mol. The fraction of sp³-hybridized carbons (Fsp3) is 0.538. The second-order valence-electron chi connectivity index (χ2n) is 3.99. The molecule has 1 unspecified atom stereocenters. The minimum absolute atomic E-state index is 0.268. The van der Waals surface area contributed by atoms with Gasteiger partial charge in [0.25, 0.3) is 0 Å². The third-order valence-electron chi connectivity index (χ3n) is 2.56. The molecule has 0 aliphatic carbocycles. The van der Waals surface area contributed by atoms with Gasteiger partial charge in [-0.15, -0.1) is 0 Å². The summed E-state index contributed by atoms with van der Waals surface area (Å²) in [6, 6.07) is 8.30. The second kappa shape index (κ2) is 6.51. The molecule has 2 atom stereocenters. The van der Waals surface area contributed by atoms with Crippen LogP contribution in [0.3, 0.4) is 0 Å². The molecule has 3 nitrogen and oxygen atoms in total. The molecule has 90 valence electrons. The molecule has 16 heavy (non-hydrogen) atoms. The Balaban J connectivity index is 2.70. The monoisotopic (exact) mass is 223 g/mol. The molecule has 0 radical (unpaired) electrons. The first-order valence-corrected chi connectivity index (χ1v) is 5.72. The van der Waals surface area contributed by atoms with Crippen LogP contribution in [0.4, 0.5) is 0 Å². The summed E-state index contributed by atoms with van der Waals surface area (Å²) < 4.78 is 5.20. The Kier molecular flexibility index (Phi) is 5.29. The van der Waals surface area contributed by atoms with E-state index in [9.17, 15) is 5.11 Å². The number of methoxy groups -OCH3 is 1. The molecule has 0 aromatic heterocycles. The number of hydrogen-bond acceptors (Lipinski definition) is 3. The summed E-state index contributed by atoms with van der Waals surface area (Å²) in [5.41, 5.74) is 1.20. The van der Waals surface area contributed by atoms with Crippen LogP contribution in [0.25, 0.3) is 0 Å². The molecule has 0 fully saturated rings. The van der Waals surface area contributed by atoms with Gasteiger partial charge >= 0.3 is 0 Å². The van der Waals surface area contributed by atoms with Crippen molar-refractivity contribution in [1.29, 1.82) is 0 Å².